The van der Waals surface area contributed by atoms with Gasteiger partial charge in [0.25, 0.3) is 0 Å². The van der Waals surface area contributed by atoms with Crippen molar-refractivity contribution < 1.29 is 4.79 Å². The summed E-state index contributed by atoms with van der Waals surface area (Å²) in [7, 11) is 0. The van der Waals surface area contributed by atoms with Crippen LogP contribution in [0.2, 0.25) is 0 Å². The lowest BCUT2D eigenvalue weighted by atomic mass is 9.99. The Hall–Kier alpha value is -0.570. The summed E-state index contributed by atoms with van der Waals surface area (Å²) in [4.78, 5) is 16.3. The third-order valence-corrected chi connectivity index (χ3v) is 3.93. The molecule has 0 N–H and O–H groups in total. The van der Waals surface area contributed by atoms with E-state index in [1.807, 2.05) is 25.7 Å². The molecule has 120 valence electrons. The predicted molar refractivity (Wildman–Crippen MR) is 88.0 cm³/mol. The van der Waals surface area contributed by atoms with Crippen molar-refractivity contribution in [2.45, 2.75) is 66.7 Å². The van der Waals surface area contributed by atoms with Gasteiger partial charge in [0.05, 0.1) is 0 Å². The van der Waals surface area contributed by atoms with Gasteiger partial charge >= 0.3 is 0 Å². The summed E-state index contributed by atoms with van der Waals surface area (Å²) < 4.78 is 0. The van der Waals surface area contributed by atoms with Gasteiger partial charge < -0.3 is 9.80 Å². The molecule has 3 nitrogen and oxygen atoms in total. The largest absolute Gasteiger partial charge is 0.343 e. The highest BCUT2D eigenvalue weighted by atomic mass is 16.2. The first-order chi connectivity index (χ1) is 9.67. The van der Waals surface area contributed by atoms with E-state index in [9.17, 15) is 4.79 Å². The Labute approximate surface area is 126 Å². The normalized spacial score (nSPS) is 16.4. The Balaban J connectivity index is 0.00000172. The second-order valence-corrected chi connectivity index (χ2v) is 5.61. The van der Waals surface area contributed by atoms with Crippen LogP contribution in [0.15, 0.2) is 0 Å². The smallest absolute Gasteiger partial charge is 0.222 e. The Kier molecular flexibility index (Phi) is 11.8. The Morgan fingerprint density at radius 1 is 1.15 bits per heavy atom. The molecule has 0 unspecified atom stereocenters. The number of hydrogen-bond donors (Lipinski definition) is 0. The minimum Gasteiger partial charge on any atom is -0.343 e. The number of rotatable bonds is 7. The highest BCUT2D eigenvalue weighted by Gasteiger charge is 2.16. The van der Waals surface area contributed by atoms with Gasteiger partial charge in [-0.25, -0.2) is 0 Å². The molecule has 0 aromatic heterocycles. The fourth-order valence-corrected chi connectivity index (χ4v) is 2.63. The average Bonchev–Trinajstić information content (AvgIpc) is 2.49. The lowest BCUT2D eigenvalue weighted by molar-refractivity contribution is -0.131. The Bertz CT molecular complexity index is 235. The number of likely N-dealkylation sites (tertiary alicyclic amines) is 1. The minimum atomic E-state index is 0.309. The fourth-order valence-electron chi connectivity index (χ4n) is 2.63. The number of piperidine rings is 1. The zero-order chi connectivity index (χ0) is 15.4. The minimum absolute atomic E-state index is 0.309. The summed E-state index contributed by atoms with van der Waals surface area (Å²) in [6.07, 6.45) is 5.51. The molecule has 20 heavy (non-hydrogen) atoms. The van der Waals surface area contributed by atoms with Crippen LogP contribution in [0.25, 0.3) is 0 Å². The number of carbonyl (C=O) groups is 1. The summed E-state index contributed by atoms with van der Waals surface area (Å²) in [5.74, 6) is 1.21. The Morgan fingerprint density at radius 3 is 2.25 bits per heavy atom. The summed E-state index contributed by atoms with van der Waals surface area (Å²) in [6.45, 7) is 16.0. The summed E-state index contributed by atoms with van der Waals surface area (Å²) in [5, 5.41) is 0. The third-order valence-electron chi connectivity index (χ3n) is 3.93. The van der Waals surface area contributed by atoms with E-state index in [4.69, 9.17) is 0 Å². The molecular formula is C17H36N2O. The van der Waals surface area contributed by atoms with Gasteiger partial charge in [0.2, 0.25) is 5.91 Å². The molecule has 0 aromatic rings. The van der Waals surface area contributed by atoms with E-state index in [-0.39, 0.29) is 0 Å². The van der Waals surface area contributed by atoms with Crippen LogP contribution in [-0.4, -0.2) is 48.4 Å². The van der Waals surface area contributed by atoms with Gasteiger partial charge in [-0.05, 0) is 51.2 Å². The maximum absolute atomic E-state index is 11.7. The van der Waals surface area contributed by atoms with Crippen LogP contribution in [0.1, 0.15) is 66.7 Å². The third kappa shape index (κ3) is 7.88. The lowest BCUT2D eigenvalue weighted by Gasteiger charge is -2.31. The van der Waals surface area contributed by atoms with Crippen LogP contribution in [0.3, 0.4) is 0 Å². The van der Waals surface area contributed by atoms with Gasteiger partial charge in [0.1, 0.15) is 0 Å². The van der Waals surface area contributed by atoms with Crippen molar-refractivity contribution in [2.24, 2.45) is 5.92 Å². The van der Waals surface area contributed by atoms with Crippen LogP contribution in [0.4, 0.5) is 0 Å². The van der Waals surface area contributed by atoms with Gasteiger partial charge in [-0.15, -0.1) is 0 Å². The molecule has 1 saturated heterocycles. The van der Waals surface area contributed by atoms with E-state index < -0.39 is 0 Å². The van der Waals surface area contributed by atoms with Gasteiger partial charge in [0.15, 0.2) is 0 Å². The van der Waals surface area contributed by atoms with E-state index in [1.54, 1.807) is 0 Å². The SMILES string of the molecule is CC.CCCN(CCCN1CCC(C)CC1)C(=O)CC. The molecule has 3 heteroatoms. The first kappa shape index (κ1) is 19.4. The van der Waals surface area contributed by atoms with Crippen LogP contribution in [-0.2, 0) is 4.79 Å². The van der Waals surface area contributed by atoms with Crippen molar-refractivity contribution >= 4 is 5.91 Å². The summed E-state index contributed by atoms with van der Waals surface area (Å²) in [6, 6.07) is 0. The number of nitrogens with zero attached hydrogens (tertiary/aromatic N) is 2. The van der Waals surface area contributed by atoms with Crippen molar-refractivity contribution in [3.8, 4) is 0 Å². The fraction of sp³-hybridized carbons (Fsp3) is 0.941. The molecule has 1 heterocycles. The predicted octanol–water partition coefficient (Wildman–Crippen LogP) is 3.78. The molecule has 0 saturated carbocycles. The quantitative estimate of drug-likeness (QED) is 0.710. The number of amides is 1. The molecule has 1 amide bonds. The number of carbonyl (C=O) groups excluding carboxylic acids is 1. The average molecular weight is 284 g/mol. The second kappa shape index (κ2) is 12.2. The highest BCUT2D eigenvalue weighted by molar-refractivity contribution is 5.75. The molecule has 1 rings (SSSR count). The van der Waals surface area contributed by atoms with Gasteiger partial charge in [-0.2, -0.15) is 0 Å². The molecule has 0 bridgehead atoms. The van der Waals surface area contributed by atoms with Crippen molar-refractivity contribution in [2.75, 3.05) is 32.7 Å². The number of hydrogen-bond acceptors (Lipinski definition) is 2. The summed E-state index contributed by atoms with van der Waals surface area (Å²) in [5.41, 5.74) is 0. The topological polar surface area (TPSA) is 23.6 Å². The van der Waals surface area contributed by atoms with Crippen LogP contribution < -0.4 is 0 Å². The molecule has 1 aliphatic heterocycles. The first-order valence-electron chi connectivity index (χ1n) is 8.67. The standard InChI is InChI=1S/C15H30N2O.C2H6/c1-4-9-17(15(18)5-2)11-6-10-16-12-7-14(3)8-13-16;1-2/h14H,4-13H2,1-3H3;1-2H3. The van der Waals surface area contributed by atoms with E-state index in [1.165, 1.54) is 25.9 Å². The maximum Gasteiger partial charge on any atom is 0.222 e. The van der Waals surface area contributed by atoms with Gasteiger partial charge in [0, 0.05) is 19.5 Å². The maximum atomic E-state index is 11.7. The van der Waals surface area contributed by atoms with E-state index in [2.05, 4.69) is 18.7 Å². The monoisotopic (exact) mass is 284 g/mol. The van der Waals surface area contributed by atoms with Crippen molar-refractivity contribution in [1.82, 2.24) is 9.80 Å². The van der Waals surface area contributed by atoms with Crippen LogP contribution >= 0.6 is 0 Å². The van der Waals surface area contributed by atoms with Crippen molar-refractivity contribution in [1.29, 1.82) is 0 Å². The van der Waals surface area contributed by atoms with E-state index >= 15 is 0 Å². The molecular weight excluding hydrogens is 248 g/mol. The Morgan fingerprint density at radius 2 is 1.75 bits per heavy atom. The van der Waals surface area contributed by atoms with Gasteiger partial charge in [-0.1, -0.05) is 34.6 Å². The van der Waals surface area contributed by atoms with E-state index in [0.29, 0.717) is 12.3 Å². The first-order valence-corrected chi connectivity index (χ1v) is 8.67. The van der Waals surface area contributed by atoms with Gasteiger partial charge in [-0.3, -0.25) is 4.79 Å². The molecule has 0 spiro atoms. The van der Waals surface area contributed by atoms with E-state index in [0.717, 1.165) is 38.4 Å². The highest BCUT2D eigenvalue weighted by Crippen LogP contribution is 2.15. The molecule has 1 aliphatic rings. The van der Waals surface area contributed by atoms with Crippen LogP contribution in [0, 0.1) is 5.92 Å². The van der Waals surface area contributed by atoms with Crippen molar-refractivity contribution in [3.05, 3.63) is 0 Å². The summed E-state index contributed by atoms with van der Waals surface area (Å²) >= 11 is 0. The molecule has 0 aliphatic carbocycles. The molecule has 0 radical (unpaired) electrons. The molecule has 1 fully saturated rings. The second-order valence-electron chi connectivity index (χ2n) is 5.61. The molecule has 0 aromatic carbocycles. The molecule has 0 atom stereocenters. The van der Waals surface area contributed by atoms with Crippen molar-refractivity contribution in [3.63, 3.8) is 0 Å². The lowest BCUT2D eigenvalue weighted by Crippen LogP contribution is -2.37. The zero-order valence-electron chi connectivity index (χ0n) is 14.5. The zero-order valence-corrected chi connectivity index (χ0v) is 14.5. The van der Waals surface area contributed by atoms with Crippen LogP contribution in [0.5, 0.6) is 0 Å².